The van der Waals surface area contributed by atoms with Crippen molar-refractivity contribution in [2.24, 2.45) is 11.8 Å². The van der Waals surface area contributed by atoms with E-state index in [1.165, 1.54) is 22.3 Å². The topological polar surface area (TPSA) is 73.5 Å². The predicted octanol–water partition coefficient (Wildman–Crippen LogP) is 3.94. The second kappa shape index (κ2) is 8.70. The Morgan fingerprint density at radius 3 is 2.17 bits per heavy atom. The van der Waals surface area contributed by atoms with Gasteiger partial charge in [0.1, 0.15) is 0 Å². The van der Waals surface area contributed by atoms with Gasteiger partial charge in [0, 0.05) is 11.5 Å². The molecule has 1 saturated heterocycles. The maximum Gasteiger partial charge on any atom is 2.00 e. The first-order chi connectivity index (χ1) is 16.7. The number of hydrogen-bond acceptors (Lipinski definition) is 1. The number of carbonyl (C=O) groups excluding carboxylic acids is 1. The molecule has 0 spiro atoms. The Kier molecular flexibility index (Phi) is 6.03. The molecule has 0 N–H and O–H groups in total. The molecule has 2 atom stereocenters. The zero-order valence-corrected chi connectivity index (χ0v) is 23.6. The molecule has 5 nitrogen and oxygen atoms in total. The monoisotopic (exact) mass is 486 g/mol. The first kappa shape index (κ1) is 25.0. The third kappa shape index (κ3) is 3.45. The third-order valence-corrected chi connectivity index (χ3v) is 8.28. The number of nitrogens with zero attached hydrogens (tertiary/aromatic N) is 4. The van der Waals surface area contributed by atoms with Crippen molar-refractivity contribution in [2.75, 3.05) is 0 Å². The van der Waals surface area contributed by atoms with Gasteiger partial charge >= 0.3 is 23.1 Å². The molecule has 5 heterocycles. The molecule has 0 saturated carbocycles. The molecule has 36 heavy (non-hydrogen) atoms. The number of allylic oxidation sites excluding steroid dienone is 3. The summed E-state index contributed by atoms with van der Waals surface area (Å²) < 4.78 is 0. The molecule has 3 aliphatic rings. The first-order valence-corrected chi connectivity index (χ1v) is 12.6. The minimum atomic E-state index is -0.219. The Labute approximate surface area is 228 Å². The summed E-state index contributed by atoms with van der Waals surface area (Å²) in [6, 6.07) is 0. The van der Waals surface area contributed by atoms with Crippen LogP contribution in [-0.2, 0) is 6.42 Å². The van der Waals surface area contributed by atoms with E-state index in [4.69, 9.17) is 20.3 Å². The van der Waals surface area contributed by atoms with Gasteiger partial charge in [0.2, 0.25) is 0 Å². The molecule has 3 aromatic rings. The Balaban J connectivity index is 0.00000267. The molecule has 6 rings (SSSR count). The quantitative estimate of drug-likeness (QED) is 0.488. The van der Waals surface area contributed by atoms with Crippen LogP contribution in [0.15, 0.2) is 11.4 Å². The number of aromatic nitrogens is 3. The fourth-order valence-corrected chi connectivity index (χ4v) is 5.89. The van der Waals surface area contributed by atoms with Crippen LogP contribution in [0.25, 0.3) is 29.1 Å². The standard InChI is InChI=1S/C30H31N4O.Mg/c1-8-19-16(5)23-11-22-15(4)14(3)21(32-22)10-20-13(2)9-26(31-20)27-18(7)30(35)28-17(6)24(34-29(27)28)12-25(19)33-23;/h10-13,18H,8-9H2,1-7H3,(H-,31,34,35);/q-3;+2/p-1/b20-10-,23-11-,25-12-;/t13-,18+;/m0./s1. The summed E-state index contributed by atoms with van der Waals surface area (Å²) in [7, 11) is 0. The Hall–Kier alpha value is -2.70. The maximum atomic E-state index is 13.4. The fourth-order valence-electron chi connectivity index (χ4n) is 5.89. The number of ketones is 1. The van der Waals surface area contributed by atoms with E-state index in [1.807, 2.05) is 13.8 Å². The smallest absolute Gasteiger partial charge is 0.664 e. The number of fused-ring (bicyclic) bond motifs is 7. The summed E-state index contributed by atoms with van der Waals surface area (Å²) in [6.45, 7) is 14.8. The van der Waals surface area contributed by atoms with E-state index in [0.717, 1.165) is 74.4 Å². The van der Waals surface area contributed by atoms with E-state index in [2.05, 4.69) is 52.8 Å². The van der Waals surface area contributed by atoms with Crippen LogP contribution in [0.1, 0.15) is 88.1 Å². The van der Waals surface area contributed by atoms with Crippen molar-refractivity contribution in [1.29, 1.82) is 0 Å². The normalized spacial score (nSPS) is 25.4. The van der Waals surface area contributed by atoms with Crippen LogP contribution in [-0.4, -0.2) is 28.8 Å². The van der Waals surface area contributed by atoms with Gasteiger partial charge in [-0.3, -0.25) is 4.79 Å². The zero-order valence-electron chi connectivity index (χ0n) is 22.2. The molecule has 0 aromatic carbocycles. The Morgan fingerprint density at radius 1 is 0.833 bits per heavy atom. The molecular formula is C30H30MgN4O-2. The van der Waals surface area contributed by atoms with E-state index in [0.29, 0.717) is 0 Å². The molecule has 0 unspecified atom stereocenters. The van der Waals surface area contributed by atoms with E-state index in [-0.39, 0.29) is 40.7 Å². The van der Waals surface area contributed by atoms with Gasteiger partial charge in [0.05, 0.1) is 0 Å². The average molecular weight is 487 g/mol. The molecular weight excluding hydrogens is 457 g/mol. The zero-order chi connectivity index (χ0) is 24.8. The predicted molar refractivity (Wildman–Crippen MR) is 145 cm³/mol. The van der Waals surface area contributed by atoms with Gasteiger partial charge in [-0.25, -0.2) is 0 Å². The van der Waals surface area contributed by atoms with Crippen LogP contribution < -0.4 is 25.7 Å². The molecule has 1 fully saturated rings. The number of hydrogen-bond donors (Lipinski definition) is 0. The maximum absolute atomic E-state index is 13.4. The van der Waals surface area contributed by atoms with Crippen LogP contribution in [0.3, 0.4) is 0 Å². The molecule has 180 valence electrons. The molecule has 1 aliphatic carbocycles. The fraction of sp³-hybridized carbons (Fsp3) is 0.367. The van der Waals surface area contributed by atoms with Crippen molar-refractivity contribution >= 4 is 52.6 Å². The molecule has 8 bridgehead atoms. The van der Waals surface area contributed by atoms with E-state index < -0.39 is 0 Å². The second-order valence-corrected chi connectivity index (χ2v) is 10.3. The largest absolute Gasteiger partial charge is 2.00 e. The van der Waals surface area contributed by atoms with Gasteiger partial charge in [-0.2, -0.15) is 11.4 Å². The van der Waals surface area contributed by atoms with Gasteiger partial charge in [-0.05, 0) is 46.5 Å². The average Bonchev–Trinajstić information content (AvgIpc) is 3.55. The number of Topliss-reactive ketones (excluding diaryl/α,β-unsaturated/α-hetero) is 1. The molecule has 6 heteroatoms. The molecule has 0 amide bonds. The minimum absolute atomic E-state index is 0. The summed E-state index contributed by atoms with van der Waals surface area (Å²) in [6.07, 6.45) is 7.99. The summed E-state index contributed by atoms with van der Waals surface area (Å²) >= 11 is 0. The van der Waals surface area contributed by atoms with Crippen LogP contribution >= 0.6 is 0 Å². The summed E-state index contributed by atoms with van der Waals surface area (Å²) in [5.74, 6) is 0.196. The van der Waals surface area contributed by atoms with Gasteiger partial charge in [0.15, 0.2) is 5.78 Å². The number of carbonyl (C=O) groups is 1. The SMILES string of the molecule is CCc1c(C)/c2[n-]/c1=C\c1[n-]c3c(c1C)C(=O)[C@H](C)/C3=C1\C[C@H](C)/C(=C/c3[n-]c(c(C)c3C)\C=2)[N-]1.[Mg+2]. The van der Waals surface area contributed by atoms with Crippen LogP contribution in [0.5, 0.6) is 0 Å². The van der Waals surface area contributed by atoms with Crippen molar-refractivity contribution in [3.63, 3.8) is 0 Å². The van der Waals surface area contributed by atoms with E-state index >= 15 is 0 Å². The molecule has 2 aliphatic heterocycles. The molecule has 3 aromatic heterocycles. The number of rotatable bonds is 1. The van der Waals surface area contributed by atoms with Crippen molar-refractivity contribution < 1.29 is 4.79 Å². The summed E-state index contributed by atoms with van der Waals surface area (Å²) in [5.41, 5.74) is 13.0. The van der Waals surface area contributed by atoms with Crippen LogP contribution in [0, 0.1) is 39.5 Å². The molecule has 0 radical (unpaired) electrons. The first-order valence-electron chi connectivity index (χ1n) is 12.6. The Bertz CT molecular complexity index is 1620. The summed E-state index contributed by atoms with van der Waals surface area (Å²) in [5, 5.41) is 6.94. The van der Waals surface area contributed by atoms with Gasteiger partial charge < -0.3 is 20.3 Å². The van der Waals surface area contributed by atoms with E-state index in [1.54, 1.807) is 0 Å². The van der Waals surface area contributed by atoms with E-state index in [9.17, 15) is 4.79 Å². The Morgan fingerprint density at radius 2 is 1.47 bits per heavy atom. The van der Waals surface area contributed by atoms with Crippen molar-refractivity contribution in [3.8, 4) is 0 Å². The van der Waals surface area contributed by atoms with Crippen molar-refractivity contribution in [3.05, 3.63) is 83.6 Å². The van der Waals surface area contributed by atoms with Crippen LogP contribution in [0.2, 0.25) is 0 Å². The van der Waals surface area contributed by atoms with Gasteiger partial charge in [-0.1, -0.05) is 72.4 Å². The van der Waals surface area contributed by atoms with Crippen LogP contribution in [0.4, 0.5) is 0 Å². The summed E-state index contributed by atoms with van der Waals surface area (Å²) in [4.78, 5) is 28.4. The minimum Gasteiger partial charge on any atom is -0.664 e. The van der Waals surface area contributed by atoms with Gasteiger partial charge in [-0.15, -0.1) is 33.5 Å². The van der Waals surface area contributed by atoms with Crippen molar-refractivity contribution in [1.82, 2.24) is 15.0 Å². The van der Waals surface area contributed by atoms with Gasteiger partial charge in [0.25, 0.3) is 0 Å². The third-order valence-electron chi connectivity index (χ3n) is 8.28. The van der Waals surface area contributed by atoms with Crippen molar-refractivity contribution in [2.45, 2.75) is 61.3 Å². The second-order valence-electron chi connectivity index (χ2n) is 10.3.